The van der Waals surface area contributed by atoms with Crippen LogP contribution in [-0.2, 0) is 7.05 Å². The Bertz CT molecular complexity index is 514. The Balaban J connectivity index is 2.77. The standard InChI is InChI=1S/C10H10N2O2/c1-12-5-8(11)7-4-6(10(13)14)2-3-9(7)12/h2-5H,11H2,1H3,(H,13,14). The number of carbonyl (C=O) groups is 1. The minimum absolute atomic E-state index is 0.260. The summed E-state index contributed by atoms with van der Waals surface area (Å²) in [6.07, 6.45) is 1.77. The lowest BCUT2D eigenvalue weighted by atomic mass is 10.1. The molecule has 0 bridgehead atoms. The zero-order valence-electron chi connectivity index (χ0n) is 7.69. The lowest BCUT2D eigenvalue weighted by molar-refractivity contribution is 0.0697. The number of aromatic carboxylic acids is 1. The molecule has 2 rings (SSSR count). The van der Waals surface area contributed by atoms with E-state index in [1.807, 2.05) is 11.6 Å². The lowest BCUT2D eigenvalue weighted by Gasteiger charge is -1.97. The van der Waals surface area contributed by atoms with Crippen molar-refractivity contribution in [1.29, 1.82) is 0 Å². The molecule has 2 aromatic rings. The number of benzene rings is 1. The van der Waals surface area contributed by atoms with Crippen LogP contribution >= 0.6 is 0 Å². The summed E-state index contributed by atoms with van der Waals surface area (Å²) >= 11 is 0. The SMILES string of the molecule is Cn1cc(N)c2cc(C(=O)O)ccc21. The highest BCUT2D eigenvalue weighted by Gasteiger charge is 2.07. The van der Waals surface area contributed by atoms with Gasteiger partial charge in [0.1, 0.15) is 0 Å². The molecule has 0 amide bonds. The van der Waals surface area contributed by atoms with E-state index < -0.39 is 5.97 Å². The second-order valence-electron chi connectivity index (χ2n) is 3.23. The zero-order valence-corrected chi connectivity index (χ0v) is 7.69. The van der Waals surface area contributed by atoms with Crippen LogP contribution in [0.5, 0.6) is 0 Å². The van der Waals surface area contributed by atoms with E-state index >= 15 is 0 Å². The average Bonchev–Trinajstić information content (AvgIpc) is 2.42. The third-order valence-corrected chi connectivity index (χ3v) is 2.27. The first kappa shape index (κ1) is 8.62. The van der Waals surface area contributed by atoms with E-state index in [0.29, 0.717) is 5.69 Å². The molecule has 4 heteroatoms. The van der Waals surface area contributed by atoms with Gasteiger partial charge in [-0.2, -0.15) is 0 Å². The van der Waals surface area contributed by atoms with E-state index in [9.17, 15) is 4.79 Å². The Morgan fingerprint density at radius 3 is 2.86 bits per heavy atom. The number of carboxylic acids is 1. The van der Waals surface area contributed by atoms with Gasteiger partial charge in [-0.15, -0.1) is 0 Å². The van der Waals surface area contributed by atoms with Crippen LogP contribution in [0.1, 0.15) is 10.4 Å². The molecular formula is C10H10N2O2. The highest BCUT2D eigenvalue weighted by Crippen LogP contribution is 2.23. The van der Waals surface area contributed by atoms with Crippen LogP contribution in [0, 0.1) is 0 Å². The van der Waals surface area contributed by atoms with Crippen molar-refractivity contribution in [3.05, 3.63) is 30.0 Å². The van der Waals surface area contributed by atoms with Crippen LogP contribution in [0.3, 0.4) is 0 Å². The highest BCUT2D eigenvalue weighted by atomic mass is 16.4. The van der Waals surface area contributed by atoms with Crippen molar-refractivity contribution in [2.45, 2.75) is 0 Å². The average molecular weight is 190 g/mol. The second-order valence-corrected chi connectivity index (χ2v) is 3.23. The number of anilines is 1. The minimum Gasteiger partial charge on any atom is -0.478 e. The predicted molar refractivity (Wildman–Crippen MR) is 54.3 cm³/mol. The number of fused-ring (bicyclic) bond motifs is 1. The summed E-state index contributed by atoms with van der Waals surface area (Å²) in [5.41, 5.74) is 7.53. The predicted octanol–water partition coefficient (Wildman–Crippen LogP) is 1.46. The third kappa shape index (κ3) is 1.12. The van der Waals surface area contributed by atoms with Gasteiger partial charge in [-0.1, -0.05) is 0 Å². The van der Waals surface area contributed by atoms with Crippen molar-refractivity contribution in [2.24, 2.45) is 7.05 Å². The lowest BCUT2D eigenvalue weighted by Crippen LogP contribution is -1.95. The van der Waals surface area contributed by atoms with Gasteiger partial charge in [0, 0.05) is 24.1 Å². The summed E-state index contributed by atoms with van der Waals surface area (Å²) in [6, 6.07) is 4.92. The van der Waals surface area contributed by atoms with Gasteiger partial charge in [0.05, 0.1) is 11.3 Å². The molecule has 72 valence electrons. The van der Waals surface area contributed by atoms with E-state index in [1.165, 1.54) is 0 Å². The fourth-order valence-corrected chi connectivity index (χ4v) is 1.56. The monoisotopic (exact) mass is 190 g/mol. The number of aromatic nitrogens is 1. The fraction of sp³-hybridized carbons (Fsp3) is 0.100. The molecule has 1 aromatic heterocycles. The van der Waals surface area contributed by atoms with Crippen LogP contribution in [-0.4, -0.2) is 15.6 Å². The van der Waals surface area contributed by atoms with E-state index in [2.05, 4.69) is 0 Å². The van der Waals surface area contributed by atoms with Gasteiger partial charge in [-0.05, 0) is 18.2 Å². The summed E-state index contributed by atoms with van der Waals surface area (Å²) in [5, 5.41) is 9.58. The number of rotatable bonds is 1. The third-order valence-electron chi connectivity index (χ3n) is 2.27. The Hall–Kier alpha value is -1.97. The van der Waals surface area contributed by atoms with E-state index in [0.717, 1.165) is 10.9 Å². The summed E-state index contributed by atoms with van der Waals surface area (Å²) in [4.78, 5) is 10.7. The molecule has 1 aromatic carbocycles. The van der Waals surface area contributed by atoms with Crippen LogP contribution in [0.4, 0.5) is 5.69 Å². The number of nitrogen functional groups attached to an aromatic ring is 1. The first-order valence-corrected chi connectivity index (χ1v) is 4.17. The molecule has 0 spiro atoms. The van der Waals surface area contributed by atoms with Gasteiger partial charge in [0.15, 0.2) is 0 Å². The van der Waals surface area contributed by atoms with Crippen molar-refractivity contribution in [2.75, 3.05) is 5.73 Å². The summed E-state index contributed by atoms with van der Waals surface area (Å²) in [6.45, 7) is 0. The van der Waals surface area contributed by atoms with Crippen LogP contribution < -0.4 is 5.73 Å². The molecule has 4 nitrogen and oxygen atoms in total. The molecule has 0 saturated carbocycles. The number of hydrogen-bond acceptors (Lipinski definition) is 2. The van der Waals surface area contributed by atoms with Crippen molar-refractivity contribution >= 4 is 22.6 Å². The second kappa shape index (κ2) is 2.77. The molecule has 0 fully saturated rings. The molecular weight excluding hydrogens is 180 g/mol. The van der Waals surface area contributed by atoms with Gasteiger partial charge in [0.2, 0.25) is 0 Å². The molecule has 14 heavy (non-hydrogen) atoms. The van der Waals surface area contributed by atoms with Crippen LogP contribution in [0.15, 0.2) is 24.4 Å². The van der Waals surface area contributed by atoms with Gasteiger partial charge in [-0.3, -0.25) is 0 Å². The first-order valence-electron chi connectivity index (χ1n) is 4.17. The van der Waals surface area contributed by atoms with Crippen molar-refractivity contribution < 1.29 is 9.90 Å². The summed E-state index contributed by atoms with van der Waals surface area (Å²) in [5.74, 6) is -0.935. The maximum atomic E-state index is 10.7. The van der Waals surface area contributed by atoms with Gasteiger partial charge >= 0.3 is 5.97 Å². The number of carboxylic acid groups (broad SMARTS) is 1. The molecule has 0 atom stereocenters. The fourth-order valence-electron chi connectivity index (χ4n) is 1.56. The molecule has 3 N–H and O–H groups in total. The molecule has 1 heterocycles. The Morgan fingerprint density at radius 2 is 2.21 bits per heavy atom. The Morgan fingerprint density at radius 1 is 1.50 bits per heavy atom. The smallest absolute Gasteiger partial charge is 0.335 e. The highest BCUT2D eigenvalue weighted by molar-refractivity contribution is 5.98. The number of aryl methyl sites for hydroxylation is 1. The zero-order chi connectivity index (χ0) is 10.3. The number of nitrogens with zero attached hydrogens (tertiary/aromatic N) is 1. The molecule has 0 radical (unpaired) electrons. The van der Waals surface area contributed by atoms with Crippen LogP contribution in [0.2, 0.25) is 0 Å². The molecule has 0 saturated heterocycles. The van der Waals surface area contributed by atoms with Crippen molar-refractivity contribution in [3.63, 3.8) is 0 Å². The van der Waals surface area contributed by atoms with E-state index in [4.69, 9.17) is 10.8 Å². The molecule has 0 aliphatic carbocycles. The van der Waals surface area contributed by atoms with E-state index in [-0.39, 0.29) is 5.56 Å². The van der Waals surface area contributed by atoms with Gasteiger partial charge in [-0.25, -0.2) is 4.79 Å². The maximum Gasteiger partial charge on any atom is 0.335 e. The van der Waals surface area contributed by atoms with Gasteiger partial charge < -0.3 is 15.4 Å². The number of nitrogens with two attached hydrogens (primary N) is 1. The quantitative estimate of drug-likeness (QED) is 0.715. The van der Waals surface area contributed by atoms with Crippen molar-refractivity contribution in [1.82, 2.24) is 4.57 Å². The van der Waals surface area contributed by atoms with Gasteiger partial charge in [0.25, 0.3) is 0 Å². The molecule has 0 aliphatic heterocycles. The van der Waals surface area contributed by atoms with Crippen molar-refractivity contribution in [3.8, 4) is 0 Å². The minimum atomic E-state index is -0.935. The van der Waals surface area contributed by atoms with Crippen LogP contribution in [0.25, 0.3) is 10.9 Å². The molecule has 0 unspecified atom stereocenters. The Kier molecular flexibility index (Phi) is 1.70. The molecule has 0 aliphatic rings. The van der Waals surface area contributed by atoms with E-state index in [1.54, 1.807) is 24.4 Å². The number of hydrogen-bond donors (Lipinski definition) is 2. The first-order chi connectivity index (χ1) is 6.59. The normalized spacial score (nSPS) is 10.6. The maximum absolute atomic E-state index is 10.7. The topological polar surface area (TPSA) is 68.2 Å². The summed E-state index contributed by atoms with van der Waals surface area (Å²) < 4.78 is 1.87. The Labute approximate surface area is 80.6 Å². The largest absolute Gasteiger partial charge is 0.478 e. The summed E-state index contributed by atoms with van der Waals surface area (Å²) in [7, 11) is 1.87.